The van der Waals surface area contributed by atoms with E-state index in [0.717, 1.165) is 9.87 Å². The number of carbonyl (C=O) groups excluding carboxylic acids is 1. The number of amides is 1. The maximum absolute atomic E-state index is 12.4. The Morgan fingerprint density at radius 1 is 1.19 bits per heavy atom. The van der Waals surface area contributed by atoms with E-state index in [-0.39, 0.29) is 17.2 Å². The van der Waals surface area contributed by atoms with Gasteiger partial charge >= 0.3 is 0 Å². The highest BCUT2D eigenvalue weighted by molar-refractivity contribution is 7.89. The molecule has 2 aromatic carbocycles. The minimum absolute atomic E-state index is 0.0558. The van der Waals surface area contributed by atoms with E-state index in [1.54, 1.807) is 6.92 Å². The van der Waals surface area contributed by atoms with E-state index in [9.17, 15) is 13.2 Å². The molecular formula is C19H25N3O4S. The molecule has 0 aliphatic rings. The third-order valence-electron chi connectivity index (χ3n) is 3.94. The summed E-state index contributed by atoms with van der Waals surface area (Å²) >= 11 is 0. The summed E-state index contributed by atoms with van der Waals surface area (Å²) < 4.78 is 31.3. The summed E-state index contributed by atoms with van der Waals surface area (Å²) in [5.74, 6) is 0.0727. The maximum Gasteiger partial charge on any atom is 0.242 e. The molecule has 8 heteroatoms. The van der Waals surface area contributed by atoms with Crippen molar-refractivity contribution in [3.8, 4) is 5.75 Å². The van der Waals surface area contributed by atoms with Crippen molar-refractivity contribution in [1.82, 2.24) is 4.31 Å². The van der Waals surface area contributed by atoms with Gasteiger partial charge in [0, 0.05) is 26.6 Å². The smallest absolute Gasteiger partial charge is 0.242 e. The van der Waals surface area contributed by atoms with Gasteiger partial charge in [0.2, 0.25) is 15.9 Å². The highest BCUT2D eigenvalue weighted by atomic mass is 32.2. The first-order valence-corrected chi connectivity index (χ1v) is 9.99. The zero-order valence-electron chi connectivity index (χ0n) is 15.7. The van der Waals surface area contributed by atoms with Gasteiger partial charge in [-0.3, -0.25) is 4.79 Å². The van der Waals surface area contributed by atoms with Crippen molar-refractivity contribution < 1.29 is 17.9 Å². The topological polar surface area (TPSA) is 102 Å². The van der Waals surface area contributed by atoms with E-state index in [1.807, 2.05) is 30.3 Å². The number of benzene rings is 2. The average Bonchev–Trinajstić information content (AvgIpc) is 2.63. The normalized spacial score (nSPS) is 12.6. The highest BCUT2D eigenvalue weighted by Gasteiger charge is 2.20. The van der Waals surface area contributed by atoms with Crippen LogP contribution in [0.4, 0.5) is 5.69 Å². The van der Waals surface area contributed by atoms with E-state index in [0.29, 0.717) is 18.0 Å². The average molecular weight is 391 g/mol. The second kappa shape index (κ2) is 8.98. The lowest BCUT2D eigenvalue weighted by Crippen LogP contribution is -2.23. The number of nitrogens with one attached hydrogen (secondary N) is 1. The van der Waals surface area contributed by atoms with Gasteiger partial charge in [-0.25, -0.2) is 12.7 Å². The molecule has 146 valence electrons. The van der Waals surface area contributed by atoms with Gasteiger partial charge in [0.15, 0.2) is 0 Å². The van der Waals surface area contributed by atoms with Crippen molar-refractivity contribution in [3.63, 3.8) is 0 Å². The lowest BCUT2D eigenvalue weighted by molar-refractivity contribution is -0.116. The van der Waals surface area contributed by atoms with Crippen LogP contribution in [0.25, 0.3) is 0 Å². The van der Waals surface area contributed by atoms with Crippen LogP contribution in [-0.2, 0) is 14.8 Å². The first kappa shape index (κ1) is 20.9. The molecule has 3 N–H and O–H groups in total. The van der Waals surface area contributed by atoms with Crippen LogP contribution in [0.1, 0.15) is 24.9 Å². The molecule has 0 saturated heterocycles. The Morgan fingerprint density at radius 3 is 2.44 bits per heavy atom. The van der Waals surface area contributed by atoms with Crippen molar-refractivity contribution in [2.45, 2.75) is 24.3 Å². The number of rotatable bonds is 8. The molecule has 0 spiro atoms. The molecule has 0 aliphatic carbocycles. The number of carbonyl (C=O) groups is 1. The lowest BCUT2D eigenvalue weighted by Gasteiger charge is -2.17. The predicted octanol–water partition coefficient (Wildman–Crippen LogP) is 2.36. The van der Waals surface area contributed by atoms with Crippen molar-refractivity contribution in [2.24, 2.45) is 5.73 Å². The quantitative estimate of drug-likeness (QED) is 0.719. The molecule has 1 atom stereocenters. The Balaban J connectivity index is 2.23. The summed E-state index contributed by atoms with van der Waals surface area (Å²) in [6, 6.07) is 13.2. The van der Waals surface area contributed by atoms with Gasteiger partial charge < -0.3 is 15.8 Å². The lowest BCUT2D eigenvalue weighted by atomic mass is 10.0. The minimum atomic E-state index is -3.63. The Labute approximate surface area is 160 Å². The molecule has 2 aromatic rings. The zero-order chi connectivity index (χ0) is 20.0. The number of hydrogen-bond acceptors (Lipinski definition) is 5. The van der Waals surface area contributed by atoms with Gasteiger partial charge in [-0.2, -0.15) is 0 Å². The fraction of sp³-hybridized carbons (Fsp3) is 0.316. The number of nitrogens with two attached hydrogens (primary N) is 1. The summed E-state index contributed by atoms with van der Waals surface area (Å²) in [5, 5.41) is 2.72. The van der Waals surface area contributed by atoms with Crippen LogP contribution in [0.15, 0.2) is 53.4 Å². The number of nitrogens with zero attached hydrogens (tertiary/aromatic N) is 1. The minimum Gasteiger partial charge on any atom is -0.492 e. The highest BCUT2D eigenvalue weighted by Crippen LogP contribution is 2.29. The van der Waals surface area contributed by atoms with Crippen molar-refractivity contribution in [2.75, 3.05) is 26.0 Å². The second-order valence-corrected chi connectivity index (χ2v) is 8.30. The predicted molar refractivity (Wildman–Crippen MR) is 105 cm³/mol. The zero-order valence-corrected chi connectivity index (χ0v) is 16.5. The standard InChI is InChI=1S/C19H25N3O4S/c1-4-26-18-11-10-15(27(24,25)22(2)3)12-17(18)21-19(23)13-16(20)14-8-6-5-7-9-14/h5-12,16H,4,13,20H2,1-3H3,(H,21,23). The van der Waals surface area contributed by atoms with Crippen molar-refractivity contribution >= 4 is 21.6 Å². The largest absolute Gasteiger partial charge is 0.492 e. The third-order valence-corrected chi connectivity index (χ3v) is 5.75. The van der Waals surface area contributed by atoms with Crippen LogP contribution in [0.5, 0.6) is 5.75 Å². The van der Waals surface area contributed by atoms with E-state index in [2.05, 4.69) is 5.32 Å². The number of hydrogen-bond donors (Lipinski definition) is 2. The Morgan fingerprint density at radius 2 is 1.85 bits per heavy atom. The van der Waals surface area contributed by atoms with Crippen LogP contribution >= 0.6 is 0 Å². The molecular weight excluding hydrogens is 366 g/mol. The molecule has 0 saturated carbocycles. The molecule has 0 radical (unpaired) electrons. The van der Waals surface area contributed by atoms with Gasteiger partial charge in [0.25, 0.3) is 0 Å². The van der Waals surface area contributed by atoms with Gasteiger partial charge in [-0.15, -0.1) is 0 Å². The maximum atomic E-state index is 12.4. The molecule has 0 fully saturated rings. The first-order chi connectivity index (χ1) is 12.8. The van der Waals surface area contributed by atoms with Crippen LogP contribution < -0.4 is 15.8 Å². The Hall–Kier alpha value is -2.42. The van der Waals surface area contributed by atoms with E-state index in [4.69, 9.17) is 10.5 Å². The van der Waals surface area contributed by atoms with E-state index < -0.39 is 16.1 Å². The molecule has 7 nitrogen and oxygen atoms in total. The Kier molecular flexibility index (Phi) is 6.95. The van der Waals surface area contributed by atoms with Gasteiger partial charge in [-0.05, 0) is 30.7 Å². The van der Waals surface area contributed by atoms with Gasteiger partial charge in [0.05, 0.1) is 17.2 Å². The van der Waals surface area contributed by atoms with E-state index in [1.165, 1.54) is 32.3 Å². The third kappa shape index (κ3) is 5.29. The second-order valence-electron chi connectivity index (χ2n) is 6.15. The van der Waals surface area contributed by atoms with Crippen LogP contribution in [-0.4, -0.2) is 39.3 Å². The fourth-order valence-electron chi connectivity index (χ4n) is 2.48. The SMILES string of the molecule is CCOc1ccc(S(=O)(=O)N(C)C)cc1NC(=O)CC(N)c1ccccc1. The Bertz CT molecular complexity index is 883. The summed E-state index contributed by atoms with van der Waals surface area (Å²) in [4.78, 5) is 12.5. The summed E-state index contributed by atoms with van der Waals surface area (Å²) in [5.41, 5.74) is 7.24. The van der Waals surface area contributed by atoms with Gasteiger partial charge in [-0.1, -0.05) is 30.3 Å². The fourth-order valence-corrected chi connectivity index (χ4v) is 3.41. The molecule has 27 heavy (non-hydrogen) atoms. The van der Waals surface area contributed by atoms with Crippen molar-refractivity contribution in [1.29, 1.82) is 0 Å². The summed E-state index contributed by atoms with van der Waals surface area (Å²) in [6.45, 7) is 2.19. The van der Waals surface area contributed by atoms with E-state index >= 15 is 0 Å². The summed E-state index contributed by atoms with van der Waals surface area (Å²) in [6.07, 6.45) is 0.0558. The first-order valence-electron chi connectivity index (χ1n) is 8.55. The van der Waals surface area contributed by atoms with Crippen molar-refractivity contribution in [3.05, 3.63) is 54.1 Å². The molecule has 1 amide bonds. The molecule has 0 aromatic heterocycles. The molecule has 1 unspecified atom stereocenters. The molecule has 0 heterocycles. The monoisotopic (exact) mass is 391 g/mol. The molecule has 2 rings (SSSR count). The van der Waals surface area contributed by atoms with Crippen LogP contribution in [0, 0.1) is 0 Å². The molecule has 0 aliphatic heterocycles. The number of ether oxygens (including phenoxy) is 1. The van der Waals surface area contributed by atoms with Crippen LogP contribution in [0.3, 0.4) is 0 Å². The number of sulfonamides is 1. The molecule has 0 bridgehead atoms. The van der Waals surface area contributed by atoms with Crippen LogP contribution in [0.2, 0.25) is 0 Å². The summed E-state index contributed by atoms with van der Waals surface area (Å²) in [7, 11) is -0.736. The van der Waals surface area contributed by atoms with Gasteiger partial charge in [0.1, 0.15) is 5.75 Å². The number of anilines is 1.